The summed E-state index contributed by atoms with van der Waals surface area (Å²) in [5, 5.41) is 87.6. The van der Waals surface area contributed by atoms with Crippen molar-refractivity contribution in [2.75, 3.05) is 19.8 Å². The van der Waals surface area contributed by atoms with E-state index in [4.69, 9.17) is 18.9 Å². The van der Waals surface area contributed by atoms with Crippen LogP contribution in [-0.4, -0.2) is 140 Å². The van der Waals surface area contributed by atoms with E-state index in [1.165, 1.54) is 283 Å². The largest absolute Gasteiger partial charge is 0.394 e. The van der Waals surface area contributed by atoms with Gasteiger partial charge in [-0.15, -0.1) is 0 Å². The minimum absolute atomic E-state index is 0.232. The number of aliphatic hydroxyl groups is 8. The van der Waals surface area contributed by atoms with Crippen LogP contribution in [0.15, 0.2) is 48.6 Å². The van der Waals surface area contributed by atoms with E-state index in [2.05, 4.69) is 55.6 Å². The molecule has 0 radical (unpaired) electrons. The quantitative estimate of drug-likeness (QED) is 0.0204. The zero-order valence-corrected chi connectivity index (χ0v) is 60.5. The summed E-state index contributed by atoms with van der Waals surface area (Å²) in [7, 11) is 0. The zero-order chi connectivity index (χ0) is 68.0. The fourth-order valence-corrected chi connectivity index (χ4v) is 13.2. The molecule has 0 spiro atoms. The number of carbonyl (C=O) groups excluding carboxylic acids is 1. The van der Waals surface area contributed by atoms with E-state index in [9.17, 15) is 45.6 Å². The number of aliphatic hydroxyl groups excluding tert-OH is 8. The third-order valence-corrected chi connectivity index (χ3v) is 19.5. The predicted octanol–water partition coefficient (Wildman–Crippen LogP) is 17.8. The van der Waals surface area contributed by atoms with Crippen LogP contribution in [0.2, 0.25) is 0 Å². The molecule has 0 aromatic heterocycles. The molecule has 0 aromatic carbocycles. The van der Waals surface area contributed by atoms with E-state index in [0.29, 0.717) is 6.42 Å². The molecular formula is C80H149NO13. The number of rotatable bonds is 67. The van der Waals surface area contributed by atoms with E-state index in [1.807, 2.05) is 6.08 Å². The van der Waals surface area contributed by atoms with Crippen molar-refractivity contribution >= 4 is 5.91 Å². The molecule has 2 saturated heterocycles. The number of carbonyl (C=O) groups is 1. The second-order valence-electron chi connectivity index (χ2n) is 28.2. The lowest BCUT2D eigenvalue weighted by Crippen LogP contribution is -2.65. The minimum atomic E-state index is -1.79. The Hall–Kier alpha value is -2.05. The molecule has 0 bridgehead atoms. The van der Waals surface area contributed by atoms with Gasteiger partial charge in [0.15, 0.2) is 12.6 Å². The standard InChI is InChI=1S/C80H149NO13/c1-3-5-7-9-11-13-15-17-19-21-23-25-27-28-29-30-31-32-33-34-35-36-37-38-39-40-42-44-46-48-50-52-54-56-58-60-62-64-72(85)81-68(67-91-79-77(90)75(88)78(71(66-83)93-79)94-80-76(89)74(87)73(86)70(65-82)92-80)69(84)63-61-59-57-55-53-51-49-47-45-43-41-26-24-22-20-18-16-14-12-10-8-6-4-2/h15,17,21,23,27-28,61,63,68-71,73-80,82-84,86-90H,3-14,16,18-20,22,24-26,29-60,62,64-67H2,1-2H3,(H,81,85)/b17-15-,23-21-,28-27-,63-61+. The molecule has 2 fully saturated rings. The first-order valence-corrected chi connectivity index (χ1v) is 39.9. The lowest BCUT2D eigenvalue weighted by atomic mass is 9.97. The first-order valence-electron chi connectivity index (χ1n) is 39.9. The van der Waals surface area contributed by atoms with Crippen molar-refractivity contribution in [2.45, 2.75) is 434 Å². The molecule has 2 aliphatic rings. The highest BCUT2D eigenvalue weighted by Crippen LogP contribution is 2.30. The van der Waals surface area contributed by atoms with Crippen LogP contribution in [-0.2, 0) is 23.7 Å². The average Bonchev–Trinajstić information content (AvgIpc) is 0.794. The van der Waals surface area contributed by atoms with Gasteiger partial charge in [-0.25, -0.2) is 0 Å². The Balaban J connectivity index is 1.59. The van der Waals surface area contributed by atoms with Crippen molar-refractivity contribution in [3.63, 3.8) is 0 Å². The van der Waals surface area contributed by atoms with Gasteiger partial charge in [0, 0.05) is 6.42 Å². The van der Waals surface area contributed by atoms with Gasteiger partial charge in [0.1, 0.15) is 48.8 Å². The molecule has 12 atom stereocenters. The fraction of sp³-hybridized carbons (Fsp3) is 0.887. The van der Waals surface area contributed by atoms with Gasteiger partial charge in [-0.05, 0) is 57.8 Å². The Labute approximate surface area is 575 Å². The van der Waals surface area contributed by atoms with Crippen LogP contribution >= 0.6 is 0 Å². The molecule has 2 heterocycles. The molecule has 552 valence electrons. The molecule has 94 heavy (non-hydrogen) atoms. The van der Waals surface area contributed by atoms with Crippen LogP contribution in [0.25, 0.3) is 0 Å². The Morgan fingerprint density at radius 1 is 0.383 bits per heavy atom. The summed E-state index contributed by atoms with van der Waals surface area (Å²) in [4.78, 5) is 13.4. The Morgan fingerprint density at radius 2 is 0.702 bits per heavy atom. The van der Waals surface area contributed by atoms with Gasteiger partial charge in [-0.2, -0.15) is 0 Å². The van der Waals surface area contributed by atoms with Gasteiger partial charge in [0.25, 0.3) is 0 Å². The average molecular weight is 1330 g/mol. The van der Waals surface area contributed by atoms with Gasteiger partial charge in [0.2, 0.25) is 5.91 Å². The summed E-state index contributed by atoms with van der Waals surface area (Å²) in [6.07, 6.45) is 69.0. The van der Waals surface area contributed by atoms with Crippen LogP contribution in [0.1, 0.15) is 361 Å². The summed E-state index contributed by atoms with van der Waals surface area (Å²) < 4.78 is 22.9. The van der Waals surface area contributed by atoms with Gasteiger partial charge in [0.05, 0.1) is 32.0 Å². The van der Waals surface area contributed by atoms with Crippen molar-refractivity contribution in [2.24, 2.45) is 0 Å². The molecule has 2 aliphatic heterocycles. The zero-order valence-electron chi connectivity index (χ0n) is 60.5. The summed E-state index contributed by atoms with van der Waals surface area (Å²) in [6.45, 7) is 2.84. The Kier molecular flexibility index (Phi) is 60.3. The maximum atomic E-state index is 13.4. The number of hydrogen-bond acceptors (Lipinski definition) is 13. The van der Waals surface area contributed by atoms with Crippen molar-refractivity contribution in [3.05, 3.63) is 48.6 Å². The molecule has 0 aliphatic carbocycles. The monoisotopic (exact) mass is 1330 g/mol. The lowest BCUT2D eigenvalue weighted by molar-refractivity contribution is -0.359. The van der Waals surface area contributed by atoms with E-state index in [1.54, 1.807) is 6.08 Å². The smallest absolute Gasteiger partial charge is 0.220 e. The number of allylic oxidation sites excluding steroid dienone is 7. The van der Waals surface area contributed by atoms with Gasteiger partial charge < -0.3 is 65.1 Å². The van der Waals surface area contributed by atoms with Crippen molar-refractivity contribution in [3.8, 4) is 0 Å². The van der Waals surface area contributed by atoms with E-state index < -0.39 is 86.8 Å². The first-order chi connectivity index (χ1) is 46.1. The molecule has 9 N–H and O–H groups in total. The van der Waals surface area contributed by atoms with Crippen LogP contribution in [0, 0.1) is 0 Å². The Bertz CT molecular complexity index is 1760. The van der Waals surface area contributed by atoms with Crippen molar-refractivity contribution in [1.29, 1.82) is 0 Å². The highest BCUT2D eigenvalue weighted by Gasteiger charge is 2.51. The molecule has 14 heteroatoms. The molecule has 0 aromatic rings. The highest BCUT2D eigenvalue weighted by molar-refractivity contribution is 5.76. The van der Waals surface area contributed by atoms with Crippen LogP contribution < -0.4 is 5.32 Å². The number of amides is 1. The summed E-state index contributed by atoms with van der Waals surface area (Å²) in [5.41, 5.74) is 0. The lowest BCUT2D eigenvalue weighted by Gasteiger charge is -2.46. The highest BCUT2D eigenvalue weighted by atomic mass is 16.7. The summed E-state index contributed by atoms with van der Waals surface area (Å²) in [6, 6.07) is -0.915. The SMILES string of the molecule is CCCCCCC/C=C\C/C=C\C/C=C\CCCCCCCCCCCCCCCCCCCCCCCCC(=O)NC(COC1OC(CO)C(OC2OC(CO)C(O)C(O)C2O)C(O)C1O)C(O)/C=C/CCCCCCCCCCCCCCCCCCCCCCC. The number of hydrogen-bond donors (Lipinski definition) is 9. The van der Waals surface area contributed by atoms with Crippen molar-refractivity contribution < 1.29 is 64.6 Å². The second-order valence-corrected chi connectivity index (χ2v) is 28.2. The second kappa shape index (κ2) is 64.3. The molecule has 14 nitrogen and oxygen atoms in total. The minimum Gasteiger partial charge on any atom is -0.394 e. The Morgan fingerprint density at radius 3 is 1.07 bits per heavy atom. The normalized spacial score (nSPS) is 22.7. The van der Waals surface area contributed by atoms with Gasteiger partial charge in [-0.1, -0.05) is 345 Å². The summed E-state index contributed by atoms with van der Waals surface area (Å²) >= 11 is 0. The maximum absolute atomic E-state index is 13.4. The van der Waals surface area contributed by atoms with Gasteiger partial charge >= 0.3 is 0 Å². The molecule has 1 amide bonds. The topological polar surface area (TPSA) is 228 Å². The predicted molar refractivity (Wildman–Crippen MR) is 388 cm³/mol. The molecule has 2 rings (SSSR count). The van der Waals surface area contributed by atoms with E-state index >= 15 is 0 Å². The van der Waals surface area contributed by atoms with Crippen LogP contribution in [0.4, 0.5) is 0 Å². The van der Waals surface area contributed by atoms with E-state index in [-0.39, 0.29) is 18.9 Å². The number of nitrogens with one attached hydrogen (secondary N) is 1. The summed E-state index contributed by atoms with van der Waals surface area (Å²) in [5.74, 6) is -0.232. The molecular weight excluding hydrogens is 1180 g/mol. The molecule has 0 saturated carbocycles. The maximum Gasteiger partial charge on any atom is 0.220 e. The third-order valence-electron chi connectivity index (χ3n) is 19.5. The number of unbranched alkanes of at least 4 members (excludes halogenated alkanes) is 48. The molecule has 12 unspecified atom stereocenters. The fourth-order valence-electron chi connectivity index (χ4n) is 13.2. The van der Waals surface area contributed by atoms with E-state index in [0.717, 1.165) is 51.4 Å². The van der Waals surface area contributed by atoms with Crippen molar-refractivity contribution in [1.82, 2.24) is 5.32 Å². The van der Waals surface area contributed by atoms with Gasteiger partial charge in [-0.3, -0.25) is 4.79 Å². The van der Waals surface area contributed by atoms with Crippen LogP contribution in [0.5, 0.6) is 0 Å². The number of ether oxygens (including phenoxy) is 4. The van der Waals surface area contributed by atoms with Crippen LogP contribution in [0.3, 0.4) is 0 Å². The third kappa shape index (κ3) is 47.1. The first kappa shape index (κ1) is 88.0.